The van der Waals surface area contributed by atoms with Crippen molar-refractivity contribution in [3.8, 4) is 22.5 Å². The molecule has 0 saturated carbocycles. The highest BCUT2D eigenvalue weighted by Crippen LogP contribution is 2.35. The molecule has 3 aromatic rings. The molecule has 0 aliphatic heterocycles. The van der Waals surface area contributed by atoms with Gasteiger partial charge in [-0.25, -0.2) is 0 Å². The van der Waals surface area contributed by atoms with E-state index < -0.39 is 0 Å². The van der Waals surface area contributed by atoms with Crippen molar-refractivity contribution in [2.75, 3.05) is 0 Å². The van der Waals surface area contributed by atoms with E-state index in [0.29, 0.717) is 0 Å². The lowest BCUT2D eigenvalue weighted by Crippen LogP contribution is -1.95. The highest BCUT2D eigenvalue weighted by Gasteiger charge is 2.16. The summed E-state index contributed by atoms with van der Waals surface area (Å²) in [5.41, 5.74) is 7.88. The van der Waals surface area contributed by atoms with Crippen LogP contribution in [0.3, 0.4) is 0 Å². The molecule has 3 rings (SSSR count). The standard InChI is InChI=1S/C19H19N/c1-14-15(2)19(17-12-8-5-9-13-17)20(3)18(14)16-10-6-4-7-11-16/h4-13H,1-3H3. The molecule has 0 fully saturated rings. The van der Waals surface area contributed by atoms with Gasteiger partial charge in [-0.2, -0.15) is 0 Å². The molecule has 20 heavy (non-hydrogen) atoms. The van der Waals surface area contributed by atoms with Gasteiger partial charge >= 0.3 is 0 Å². The molecular formula is C19H19N. The molecule has 0 atom stereocenters. The maximum atomic E-state index is 2.31. The molecule has 0 saturated heterocycles. The van der Waals surface area contributed by atoms with Crippen LogP contribution < -0.4 is 0 Å². The van der Waals surface area contributed by atoms with E-state index in [9.17, 15) is 0 Å². The lowest BCUT2D eigenvalue weighted by atomic mass is 10.0. The Kier molecular flexibility index (Phi) is 3.19. The first-order valence-corrected chi connectivity index (χ1v) is 6.97. The van der Waals surface area contributed by atoms with E-state index in [0.717, 1.165) is 0 Å². The fourth-order valence-corrected chi connectivity index (χ4v) is 2.98. The molecule has 0 N–H and O–H groups in total. The Balaban J connectivity index is 2.25. The second kappa shape index (κ2) is 5.01. The smallest absolute Gasteiger partial charge is 0.0515 e. The zero-order valence-corrected chi connectivity index (χ0v) is 12.2. The number of aromatic nitrogens is 1. The van der Waals surface area contributed by atoms with Gasteiger partial charge in [0.1, 0.15) is 0 Å². The summed E-state index contributed by atoms with van der Waals surface area (Å²) in [5, 5.41) is 0. The van der Waals surface area contributed by atoms with Crippen LogP contribution in [0.15, 0.2) is 60.7 Å². The third-order valence-electron chi connectivity index (χ3n) is 4.04. The molecule has 100 valence electrons. The van der Waals surface area contributed by atoms with Crippen molar-refractivity contribution in [3.05, 3.63) is 71.8 Å². The molecular weight excluding hydrogens is 242 g/mol. The quantitative estimate of drug-likeness (QED) is 0.613. The minimum Gasteiger partial charge on any atom is -0.343 e. The topological polar surface area (TPSA) is 4.93 Å². The second-order valence-corrected chi connectivity index (χ2v) is 5.24. The first-order chi connectivity index (χ1) is 9.70. The SMILES string of the molecule is Cc1c(C)c(-c2ccccc2)n(C)c1-c1ccccc1. The summed E-state index contributed by atoms with van der Waals surface area (Å²) in [6, 6.07) is 21.2. The Morgan fingerprint density at radius 3 is 1.30 bits per heavy atom. The largest absolute Gasteiger partial charge is 0.343 e. The minimum atomic E-state index is 1.28. The lowest BCUT2D eigenvalue weighted by molar-refractivity contribution is 0.941. The molecule has 0 bridgehead atoms. The predicted molar refractivity (Wildman–Crippen MR) is 85.8 cm³/mol. The van der Waals surface area contributed by atoms with Crippen LogP contribution in [0.5, 0.6) is 0 Å². The van der Waals surface area contributed by atoms with Crippen molar-refractivity contribution in [1.82, 2.24) is 4.57 Å². The molecule has 0 radical (unpaired) electrons. The normalized spacial score (nSPS) is 10.8. The summed E-state index contributed by atoms with van der Waals surface area (Å²) in [7, 11) is 2.16. The van der Waals surface area contributed by atoms with Gasteiger partial charge in [-0.1, -0.05) is 60.7 Å². The first kappa shape index (κ1) is 12.7. The van der Waals surface area contributed by atoms with Crippen molar-refractivity contribution < 1.29 is 0 Å². The number of rotatable bonds is 2. The molecule has 1 aromatic heterocycles. The molecule has 0 unspecified atom stereocenters. The Hall–Kier alpha value is -2.28. The first-order valence-electron chi connectivity index (χ1n) is 6.97. The average Bonchev–Trinajstić information content (AvgIpc) is 2.71. The molecule has 0 aliphatic carbocycles. The molecule has 1 heteroatoms. The Morgan fingerprint density at radius 2 is 0.950 bits per heavy atom. The van der Waals surface area contributed by atoms with Crippen LogP contribution in [0.4, 0.5) is 0 Å². The number of nitrogens with zero attached hydrogens (tertiary/aromatic N) is 1. The van der Waals surface area contributed by atoms with Gasteiger partial charge in [0.25, 0.3) is 0 Å². The van der Waals surface area contributed by atoms with Crippen LogP contribution in [0.2, 0.25) is 0 Å². The summed E-state index contributed by atoms with van der Waals surface area (Å²) >= 11 is 0. The summed E-state index contributed by atoms with van der Waals surface area (Å²) in [6.45, 7) is 4.42. The van der Waals surface area contributed by atoms with Crippen LogP contribution >= 0.6 is 0 Å². The van der Waals surface area contributed by atoms with Crippen molar-refractivity contribution in [2.24, 2.45) is 7.05 Å². The highest BCUT2D eigenvalue weighted by atomic mass is 15.0. The van der Waals surface area contributed by atoms with Crippen LogP contribution in [-0.4, -0.2) is 4.57 Å². The predicted octanol–water partition coefficient (Wildman–Crippen LogP) is 4.98. The van der Waals surface area contributed by atoms with Crippen LogP contribution in [0, 0.1) is 13.8 Å². The van der Waals surface area contributed by atoms with Gasteiger partial charge in [0.2, 0.25) is 0 Å². The number of hydrogen-bond acceptors (Lipinski definition) is 0. The zero-order chi connectivity index (χ0) is 14.1. The molecule has 0 spiro atoms. The van der Waals surface area contributed by atoms with Crippen molar-refractivity contribution in [2.45, 2.75) is 13.8 Å². The summed E-state index contributed by atoms with van der Waals surface area (Å²) in [6.07, 6.45) is 0. The van der Waals surface area contributed by atoms with E-state index >= 15 is 0 Å². The van der Waals surface area contributed by atoms with Crippen LogP contribution in [-0.2, 0) is 7.05 Å². The van der Waals surface area contributed by atoms with Gasteiger partial charge < -0.3 is 4.57 Å². The van der Waals surface area contributed by atoms with E-state index in [2.05, 4.69) is 86.1 Å². The maximum Gasteiger partial charge on any atom is 0.0515 e. The number of benzene rings is 2. The van der Waals surface area contributed by atoms with E-state index in [1.54, 1.807) is 0 Å². The fourth-order valence-electron chi connectivity index (χ4n) is 2.98. The van der Waals surface area contributed by atoms with Gasteiger partial charge in [-0.3, -0.25) is 0 Å². The van der Waals surface area contributed by atoms with E-state index in [-0.39, 0.29) is 0 Å². The Bertz CT molecular complexity index is 658. The van der Waals surface area contributed by atoms with Crippen molar-refractivity contribution >= 4 is 0 Å². The van der Waals surface area contributed by atoms with Crippen LogP contribution in [0.1, 0.15) is 11.1 Å². The summed E-state index contributed by atoms with van der Waals surface area (Å²) in [5.74, 6) is 0. The third kappa shape index (κ3) is 1.96. The van der Waals surface area contributed by atoms with Crippen molar-refractivity contribution in [1.29, 1.82) is 0 Å². The van der Waals surface area contributed by atoms with E-state index in [1.807, 2.05) is 0 Å². The molecule has 2 aromatic carbocycles. The van der Waals surface area contributed by atoms with E-state index in [1.165, 1.54) is 33.6 Å². The Morgan fingerprint density at radius 1 is 0.600 bits per heavy atom. The van der Waals surface area contributed by atoms with E-state index in [4.69, 9.17) is 0 Å². The number of hydrogen-bond donors (Lipinski definition) is 0. The van der Waals surface area contributed by atoms with Gasteiger partial charge in [0, 0.05) is 7.05 Å². The lowest BCUT2D eigenvalue weighted by Gasteiger charge is -2.09. The maximum absolute atomic E-state index is 2.31. The zero-order valence-electron chi connectivity index (χ0n) is 12.2. The fraction of sp³-hybridized carbons (Fsp3) is 0.158. The van der Waals surface area contributed by atoms with Gasteiger partial charge in [-0.05, 0) is 36.1 Å². The van der Waals surface area contributed by atoms with Gasteiger partial charge in [-0.15, -0.1) is 0 Å². The van der Waals surface area contributed by atoms with Gasteiger partial charge in [0.05, 0.1) is 11.4 Å². The highest BCUT2D eigenvalue weighted by molar-refractivity contribution is 5.76. The van der Waals surface area contributed by atoms with Gasteiger partial charge in [0.15, 0.2) is 0 Å². The molecule has 0 amide bonds. The Labute approximate surface area is 120 Å². The van der Waals surface area contributed by atoms with Crippen molar-refractivity contribution in [3.63, 3.8) is 0 Å². The third-order valence-corrected chi connectivity index (χ3v) is 4.04. The summed E-state index contributed by atoms with van der Waals surface area (Å²) in [4.78, 5) is 0. The summed E-state index contributed by atoms with van der Waals surface area (Å²) < 4.78 is 2.31. The molecule has 0 aliphatic rings. The molecule has 1 heterocycles. The van der Waals surface area contributed by atoms with Crippen LogP contribution in [0.25, 0.3) is 22.5 Å². The average molecular weight is 261 g/mol. The second-order valence-electron chi connectivity index (χ2n) is 5.24. The minimum absolute atomic E-state index is 1.28. The monoisotopic (exact) mass is 261 g/mol. The molecule has 1 nitrogen and oxygen atoms in total.